The maximum absolute atomic E-state index is 12.4. The molecule has 2 amide bonds. The number of nitrogens with zero attached hydrogens (tertiary/aromatic N) is 6. The van der Waals surface area contributed by atoms with Crippen molar-refractivity contribution in [2.75, 3.05) is 36.4 Å². The number of carbonyl (C=O) groups is 2. The molecule has 2 aromatic heterocycles. The number of piperazine rings is 1. The first-order valence-corrected chi connectivity index (χ1v) is 10.2. The molecule has 150 valence electrons. The molecule has 0 bridgehead atoms. The number of amides is 2. The molecule has 9 nitrogen and oxygen atoms in total. The zero-order chi connectivity index (χ0) is 19.9. The highest BCUT2D eigenvalue weighted by Gasteiger charge is 2.22. The van der Waals surface area contributed by atoms with Crippen molar-refractivity contribution in [3.63, 3.8) is 0 Å². The van der Waals surface area contributed by atoms with Crippen LogP contribution in [-0.2, 0) is 16.0 Å². The van der Waals surface area contributed by atoms with Gasteiger partial charge in [-0.05, 0) is 12.0 Å². The fourth-order valence-electron chi connectivity index (χ4n) is 2.91. The molecule has 1 N–H and O–H groups in total. The molecule has 0 aliphatic carbocycles. The van der Waals surface area contributed by atoms with E-state index in [0.717, 1.165) is 11.4 Å². The Balaban J connectivity index is 1.39. The van der Waals surface area contributed by atoms with Crippen LogP contribution in [0, 0.1) is 5.92 Å². The third-order valence-electron chi connectivity index (χ3n) is 4.33. The van der Waals surface area contributed by atoms with Crippen molar-refractivity contribution >= 4 is 34.2 Å². The Bertz CT molecular complexity index is 788. The lowest BCUT2D eigenvalue weighted by atomic mass is 10.1. The normalized spacial score (nSPS) is 14.4. The molecule has 0 unspecified atom stereocenters. The van der Waals surface area contributed by atoms with Gasteiger partial charge in [-0.2, -0.15) is 0 Å². The van der Waals surface area contributed by atoms with Crippen molar-refractivity contribution in [2.24, 2.45) is 5.92 Å². The molecule has 1 aliphatic rings. The Morgan fingerprint density at radius 2 is 1.82 bits per heavy atom. The van der Waals surface area contributed by atoms with Gasteiger partial charge < -0.3 is 15.1 Å². The molecule has 1 saturated heterocycles. The monoisotopic (exact) mass is 403 g/mol. The van der Waals surface area contributed by atoms with Crippen molar-refractivity contribution in [3.05, 3.63) is 23.5 Å². The number of aromatic nitrogens is 4. The van der Waals surface area contributed by atoms with Gasteiger partial charge in [-0.25, -0.2) is 9.97 Å². The Labute approximate surface area is 168 Å². The molecule has 0 aromatic carbocycles. The van der Waals surface area contributed by atoms with E-state index >= 15 is 0 Å². The zero-order valence-electron chi connectivity index (χ0n) is 16.2. The summed E-state index contributed by atoms with van der Waals surface area (Å²) >= 11 is 1.38. The molecular formula is C18H25N7O2S. The van der Waals surface area contributed by atoms with Gasteiger partial charge >= 0.3 is 0 Å². The van der Waals surface area contributed by atoms with Crippen LogP contribution in [0.25, 0.3) is 0 Å². The number of rotatable bonds is 7. The largest absolute Gasteiger partial charge is 0.339 e. The van der Waals surface area contributed by atoms with E-state index in [0.29, 0.717) is 43.2 Å². The second-order valence-electron chi connectivity index (χ2n) is 7.06. The van der Waals surface area contributed by atoms with Gasteiger partial charge in [-0.15, -0.1) is 10.2 Å². The summed E-state index contributed by atoms with van der Waals surface area (Å²) in [5, 5.41) is 12.2. The summed E-state index contributed by atoms with van der Waals surface area (Å²) in [5.74, 6) is 0.948. The minimum Gasteiger partial charge on any atom is -0.339 e. The van der Waals surface area contributed by atoms with Crippen LogP contribution in [-0.4, -0.2) is 63.1 Å². The fraction of sp³-hybridized carbons (Fsp3) is 0.556. The van der Waals surface area contributed by atoms with Gasteiger partial charge in [0.05, 0.1) is 0 Å². The second-order valence-corrected chi connectivity index (χ2v) is 8.13. The smallest absolute Gasteiger partial charge is 0.226 e. The Morgan fingerprint density at radius 3 is 2.50 bits per heavy atom. The Kier molecular flexibility index (Phi) is 6.85. The highest BCUT2D eigenvalue weighted by atomic mass is 32.1. The molecule has 1 fully saturated rings. The lowest BCUT2D eigenvalue weighted by molar-refractivity contribution is -0.133. The van der Waals surface area contributed by atoms with Crippen molar-refractivity contribution < 1.29 is 9.59 Å². The Hall–Kier alpha value is -2.62. The molecule has 0 spiro atoms. The predicted octanol–water partition coefficient (Wildman–Crippen LogP) is 1.59. The molecule has 2 aromatic rings. The summed E-state index contributed by atoms with van der Waals surface area (Å²) in [7, 11) is 0. The molecule has 10 heteroatoms. The number of anilines is 2. The van der Waals surface area contributed by atoms with Crippen molar-refractivity contribution in [1.29, 1.82) is 0 Å². The van der Waals surface area contributed by atoms with E-state index in [1.807, 2.05) is 0 Å². The third kappa shape index (κ3) is 5.69. The fourth-order valence-corrected chi connectivity index (χ4v) is 3.87. The summed E-state index contributed by atoms with van der Waals surface area (Å²) in [6.45, 7) is 6.80. The average Bonchev–Trinajstić information content (AvgIpc) is 3.13. The molecule has 28 heavy (non-hydrogen) atoms. The van der Waals surface area contributed by atoms with Crippen LogP contribution in [0.3, 0.4) is 0 Å². The predicted molar refractivity (Wildman–Crippen MR) is 107 cm³/mol. The van der Waals surface area contributed by atoms with Crippen LogP contribution in [0.1, 0.15) is 31.7 Å². The van der Waals surface area contributed by atoms with E-state index in [-0.39, 0.29) is 24.7 Å². The number of nitrogens with one attached hydrogen (secondary N) is 1. The van der Waals surface area contributed by atoms with Crippen LogP contribution in [0.4, 0.5) is 11.1 Å². The van der Waals surface area contributed by atoms with Gasteiger partial charge in [0.25, 0.3) is 0 Å². The first kappa shape index (κ1) is 20.1. The summed E-state index contributed by atoms with van der Waals surface area (Å²) in [6.07, 6.45) is 4.59. The lowest BCUT2D eigenvalue weighted by Gasteiger charge is -2.34. The van der Waals surface area contributed by atoms with Gasteiger partial charge in [-0.3, -0.25) is 9.59 Å². The first-order chi connectivity index (χ1) is 13.5. The first-order valence-electron chi connectivity index (χ1n) is 9.43. The van der Waals surface area contributed by atoms with E-state index in [1.165, 1.54) is 11.3 Å². The van der Waals surface area contributed by atoms with Crippen LogP contribution < -0.4 is 10.2 Å². The highest BCUT2D eigenvalue weighted by molar-refractivity contribution is 7.15. The molecule has 0 atom stereocenters. The summed E-state index contributed by atoms with van der Waals surface area (Å²) in [4.78, 5) is 36.8. The van der Waals surface area contributed by atoms with Crippen LogP contribution >= 0.6 is 11.3 Å². The van der Waals surface area contributed by atoms with Gasteiger partial charge in [0.15, 0.2) is 0 Å². The van der Waals surface area contributed by atoms with Crippen molar-refractivity contribution in [3.8, 4) is 0 Å². The minimum absolute atomic E-state index is 0.0125. The molecule has 0 radical (unpaired) electrons. The maximum Gasteiger partial charge on any atom is 0.226 e. The maximum atomic E-state index is 12.4. The van der Waals surface area contributed by atoms with E-state index in [2.05, 4.69) is 44.2 Å². The second kappa shape index (κ2) is 9.54. The van der Waals surface area contributed by atoms with Crippen molar-refractivity contribution in [1.82, 2.24) is 25.1 Å². The van der Waals surface area contributed by atoms with E-state index in [4.69, 9.17) is 0 Å². The van der Waals surface area contributed by atoms with E-state index in [9.17, 15) is 9.59 Å². The number of hydrogen-bond acceptors (Lipinski definition) is 8. The van der Waals surface area contributed by atoms with Crippen LogP contribution in [0.15, 0.2) is 18.5 Å². The third-order valence-corrected chi connectivity index (χ3v) is 5.19. The Morgan fingerprint density at radius 1 is 1.11 bits per heavy atom. The van der Waals surface area contributed by atoms with Crippen molar-refractivity contribution in [2.45, 2.75) is 33.1 Å². The lowest BCUT2D eigenvalue weighted by Crippen LogP contribution is -2.49. The number of carbonyl (C=O) groups excluding carboxylic acids is 2. The van der Waals surface area contributed by atoms with Gasteiger partial charge in [0.2, 0.25) is 22.9 Å². The SMILES string of the molecule is CC(C)Cc1nnc(NC(=O)CCC(=O)N2CCN(c3ncccn3)CC2)s1. The van der Waals surface area contributed by atoms with Gasteiger partial charge in [0.1, 0.15) is 5.01 Å². The van der Waals surface area contributed by atoms with E-state index in [1.54, 1.807) is 23.4 Å². The highest BCUT2D eigenvalue weighted by Crippen LogP contribution is 2.18. The summed E-state index contributed by atoms with van der Waals surface area (Å²) in [5.41, 5.74) is 0. The van der Waals surface area contributed by atoms with Crippen LogP contribution in [0.2, 0.25) is 0 Å². The standard InChI is InChI=1S/C18H25N7O2S/c1-13(2)12-15-22-23-18(28-15)21-14(26)4-5-16(27)24-8-10-25(11-9-24)17-19-6-3-7-20-17/h3,6-7,13H,4-5,8-12H2,1-2H3,(H,21,23,26). The van der Waals surface area contributed by atoms with Crippen LogP contribution in [0.5, 0.6) is 0 Å². The average molecular weight is 404 g/mol. The van der Waals surface area contributed by atoms with Gasteiger partial charge in [-0.1, -0.05) is 25.2 Å². The molecule has 1 aliphatic heterocycles. The molecule has 3 rings (SSSR count). The van der Waals surface area contributed by atoms with Gasteiger partial charge in [0, 0.05) is 57.8 Å². The van der Waals surface area contributed by atoms with E-state index < -0.39 is 0 Å². The summed E-state index contributed by atoms with van der Waals surface area (Å²) < 4.78 is 0. The number of hydrogen-bond donors (Lipinski definition) is 1. The molecular weight excluding hydrogens is 378 g/mol. The zero-order valence-corrected chi connectivity index (χ0v) is 17.0. The molecule has 3 heterocycles. The topological polar surface area (TPSA) is 104 Å². The molecule has 0 saturated carbocycles. The minimum atomic E-state index is -0.211. The summed E-state index contributed by atoms with van der Waals surface area (Å²) in [6, 6.07) is 1.78. The quantitative estimate of drug-likeness (QED) is 0.749.